The Hall–Kier alpha value is -2.15. The Bertz CT molecular complexity index is 823. The fourth-order valence-electron chi connectivity index (χ4n) is 4.44. The lowest BCUT2D eigenvalue weighted by molar-refractivity contribution is 0.0766. The minimum absolute atomic E-state index is 0.131. The third-order valence-corrected chi connectivity index (χ3v) is 5.89. The van der Waals surface area contributed by atoms with Crippen LogP contribution in [0.4, 0.5) is 0 Å². The third-order valence-electron chi connectivity index (χ3n) is 5.89. The van der Waals surface area contributed by atoms with E-state index in [2.05, 4.69) is 22.1 Å². The average Bonchev–Trinajstić information content (AvgIpc) is 3.17. The molecule has 1 atom stereocenters. The molecule has 2 aliphatic rings. The lowest BCUT2D eigenvalue weighted by Crippen LogP contribution is -2.34. The van der Waals surface area contributed by atoms with Crippen molar-refractivity contribution in [3.8, 4) is 0 Å². The molecule has 2 aliphatic heterocycles. The smallest absolute Gasteiger partial charge is 0.272 e. The van der Waals surface area contributed by atoms with Gasteiger partial charge in [-0.25, -0.2) is 0 Å². The van der Waals surface area contributed by atoms with Crippen LogP contribution < -0.4 is 0 Å². The van der Waals surface area contributed by atoms with Crippen LogP contribution in [0.2, 0.25) is 0 Å². The molecule has 146 valence electrons. The van der Waals surface area contributed by atoms with Crippen molar-refractivity contribution in [2.45, 2.75) is 52.1 Å². The van der Waals surface area contributed by atoms with Crippen molar-refractivity contribution in [3.05, 3.63) is 34.9 Å². The Morgan fingerprint density at radius 2 is 2.00 bits per heavy atom. The van der Waals surface area contributed by atoms with Crippen molar-refractivity contribution in [2.75, 3.05) is 26.2 Å². The Kier molecular flexibility index (Phi) is 5.04. The van der Waals surface area contributed by atoms with Gasteiger partial charge in [0.25, 0.3) is 5.91 Å². The van der Waals surface area contributed by atoms with Crippen LogP contribution in [-0.4, -0.2) is 61.4 Å². The zero-order chi connectivity index (χ0) is 19.0. The van der Waals surface area contributed by atoms with Gasteiger partial charge in [-0.05, 0) is 51.8 Å². The number of carbonyl (C=O) groups excluding carboxylic acids is 1. The van der Waals surface area contributed by atoms with Gasteiger partial charge < -0.3 is 4.90 Å². The SMILES string of the molecule is CCN1CCCn2nc([C@H]3CCCN(Cc4cc(C)nn4C)C3)cc2C1=O. The van der Waals surface area contributed by atoms with Gasteiger partial charge in [0.2, 0.25) is 0 Å². The van der Waals surface area contributed by atoms with E-state index in [9.17, 15) is 4.79 Å². The number of aromatic nitrogens is 4. The molecule has 0 spiro atoms. The largest absolute Gasteiger partial charge is 0.338 e. The first-order valence-electron chi connectivity index (χ1n) is 10.1. The van der Waals surface area contributed by atoms with E-state index in [4.69, 9.17) is 5.10 Å². The number of likely N-dealkylation sites (tertiary alicyclic amines) is 1. The highest BCUT2D eigenvalue weighted by Gasteiger charge is 2.28. The van der Waals surface area contributed by atoms with Crippen molar-refractivity contribution in [2.24, 2.45) is 7.05 Å². The monoisotopic (exact) mass is 370 g/mol. The predicted octanol–water partition coefficient (Wildman–Crippen LogP) is 2.17. The lowest BCUT2D eigenvalue weighted by atomic mass is 9.94. The summed E-state index contributed by atoms with van der Waals surface area (Å²) < 4.78 is 3.92. The average molecular weight is 371 g/mol. The zero-order valence-electron chi connectivity index (χ0n) is 16.7. The van der Waals surface area contributed by atoms with Crippen LogP contribution in [0.25, 0.3) is 0 Å². The molecule has 0 N–H and O–H groups in total. The summed E-state index contributed by atoms with van der Waals surface area (Å²) >= 11 is 0. The van der Waals surface area contributed by atoms with Gasteiger partial charge in [-0.15, -0.1) is 0 Å². The quantitative estimate of drug-likeness (QED) is 0.828. The summed E-state index contributed by atoms with van der Waals surface area (Å²) in [4.78, 5) is 17.2. The zero-order valence-corrected chi connectivity index (χ0v) is 16.7. The second-order valence-corrected chi connectivity index (χ2v) is 7.89. The fraction of sp³-hybridized carbons (Fsp3) is 0.650. The predicted molar refractivity (Wildman–Crippen MR) is 104 cm³/mol. The maximum Gasteiger partial charge on any atom is 0.272 e. The molecule has 0 bridgehead atoms. The first-order chi connectivity index (χ1) is 13.0. The third kappa shape index (κ3) is 3.65. The van der Waals surface area contributed by atoms with Crippen molar-refractivity contribution in [1.82, 2.24) is 29.4 Å². The van der Waals surface area contributed by atoms with Gasteiger partial charge in [0.15, 0.2) is 0 Å². The van der Waals surface area contributed by atoms with E-state index >= 15 is 0 Å². The number of amides is 1. The molecule has 0 aromatic carbocycles. The fourth-order valence-corrected chi connectivity index (χ4v) is 4.44. The molecule has 2 aromatic rings. The maximum absolute atomic E-state index is 12.8. The van der Waals surface area contributed by atoms with Crippen molar-refractivity contribution in [1.29, 1.82) is 0 Å². The summed E-state index contributed by atoms with van der Waals surface area (Å²) in [6.45, 7) is 9.53. The molecular weight excluding hydrogens is 340 g/mol. The summed E-state index contributed by atoms with van der Waals surface area (Å²) in [5, 5.41) is 9.30. The summed E-state index contributed by atoms with van der Waals surface area (Å²) in [5.41, 5.74) is 4.17. The van der Waals surface area contributed by atoms with Gasteiger partial charge in [-0.1, -0.05) is 0 Å². The number of hydrogen-bond acceptors (Lipinski definition) is 4. The Balaban J connectivity index is 1.50. The molecule has 27 heavy (non-hydrogen) atoms. The highest BCUT2D eigenvalue weighted by atomic mass is 16.2. The second kappa shape index (κ2) is 7.46. The van der Waals surface area contributed by atoms with E-state index in [1.165, 1.54) is 12.1 Å². The van der Waals surface area contributed by atoms with E-state index in [1.54, 1.807) is 0 Å². The second-order valence-electron chi connectivity index (χ2n) is 7.89. The first kappa shape index (κ1) is 18.2. The number of hydrogen-bond donors (Lipinski definition) is 0. The number of fused-ring (bicyclic) bond motifs is 1. The van der Waals surface area contributed by atoms with Gasteiger partial charge in [0.1, 0.15) is 5.69 Å². The Morgan fingerprint density at radius 1 is 1.15 bits per heavy atom. The van der Waals surface area contributed by atoms with E-state index in [0.29, 0.717) is 5.92 Å². The molecule has 1 amide bonds. The van der Waals surface area contributed by atoms with E-state index in [1.807, 2.05) is 35.2 Å². The molecule has 4 rings (SSSR count). The minimum Gasteiger partial charge on any atom is -0.338 e. The molecule has 0 radical (unpaired) electrons. The van der Waals surface area contributed by atoms with E-state index in [0.717, 1.165) is 69.2 Å². The number of carbonyl (C=O) groups is 1. The van der Waals surface area contributed by atoms with Gasteiger partial charge in [-0.3, -0.25) is 19.1 Å². The van der Waals surface area contributed by atoms with Crippen molar-refractivity contribution >= 4 is 5.91 Å². The van der Waals surface area contributed by atoms with E-state index in [-0.39, 0.29) is 5.91 Å². The molecule has 7 heteroatoms. The number of rotatable bonds is 4. The highest BCUT2D eigenvalue weighted by molar-refractivity contribution is 5.93. The molecule has 1 saturated heterocycles. The minimum atomic E-state index is 0.131. The molecule has 0 saturated carbocycles. The molecule has 1 fully saturated rings. The molecule has 2 aromatic heterocycles. The van der Waals surface area contributed by atoms with Gasteiger partial charge in [0, 0.05) is 45.7 Å². The molecule has 0 unspecified atom stereocenters. The van der Waals surface area contributed by atoms with Crippen LogP contribution in [0.15, 0.2) is 12.1 Å². The van der Waals surface area contributed by atoms with E-state index < -0.39 is 0 Å². The molecule has 4 heterocycles. The van der Waals surface area contributed by atoms with Crippen molar-refractivity contribution < 1.29 is 4.79 Å². The summed E-state index contributed by atoms with van der Waals surface area (Å²) in [7, 11) is 2.02. The van der Waals surface area contributed by atoms with Crippen LogP contribution in [0.1, 0.15) is 59.7 Å². The van der Waals surface area contributed by atoms with Crippen LogP contribution in [0.5, 0.6) is 0 Å². The topological polar surface area (TPSA) is 59.2 Å². The van der Waals surface area contributed by atoms with Crippen LogP contribution >= 0.6 is 0 Å². The maximum atomic E-state index is 12.8. The normalized spacial score (nSPS) is 21.4. The first-order valence-corrected chi connectivity index (χ1v) is 10.1. The number of piperidine rings is 1. The number of aryl methyl sites for hydroxylation is 3. The molecular formula is C20H30N6O. The molecule has 0 aliphatic carbocycles. The summed E-state index contributed by atoms with van der Waals surface area (Å²) in [5.74, 6) is 0.530. The summed E-state index contributed by atoms with van der Waals surface area (Å²) in [6, 6.07) is 4.22. The number of nitrogens with zero attached hydrogens (tertiary/aromatic N) is 6. The van der Waals surface area contributed by atoms with Crippen LogP contribution in [0, 0.1) is 6.92 Å². The van der Waals surface area contributed by atoms with Crippen LogP contribution in [-0.2, 0) is 20.1 Å². The van der Waals surface area contributed by atoms with Gasteiger partial charge >= 0.3 is 0 Å². The highest BCUT2D eigenvalue weighted by Crippen LogP contribution is 2.28. The standard InChI is InChI=1S/C20H30N6O/c1-4-25-9-6-10-26-19(20(25)27)12-18(22-26)16-7-5-8-24(13-16)14-17-11-15(2)21-23(17)3/h11-12,16H,4-10,13-14H2,1-3H3/t16-/m0/s1. The molecule has 7 nitrogen and oxygen atoms in total. The van der Waals surface area contributed by atoms with Gasteiger partial charge in [0.05, 0.1) is 17.1 Å². The lowest BCUT2D eigenvalue weighted by Gasteiger charge is -2.31. The van der Waals surface area contributed by atoms with Crippen molar-refractivity contribution in [3.63, 3.8) is 0 Å². The Morgan fingerprint density at radius 3 is 2.74 bits per heavy atom. The van der Waals surface area contributed by atoms with Crippen LogP contribution in [0.3, 0.4) is 0 Å². The Labute approximate surface area is 160 Å². The van der Waals surface area contributed by atoms with Gasteiger partial charge in [-0.2, -0.15) is 10.2 Å². The summed E-state index contributed by atoms with van der Waals surface area (Å²) in [6.07, 6.45) is 3.28.